The Morgan fingerprint density at radius 2 is 1.88 bits per heavy atom. The average Bonchev–Trinajstić information content (AvgIpc) is 2.93. The summed E-state index contributed by atoms with van der Waals surface area (Å²) in [5, 5.41) is 8.02. The summed E-state index contributed by atoms with van der Waals surface area (Å²) in [4.78, 5) is 12.8. The van der Waals surface area contributed by atoms with E-state index in [2.05, 4.69) is 10.5 Å². The van der Waals surface area contributed by atoms with Gasteiger partial charge in [-0.3, -0.25) is 4.79 Å². The van der Waals surface area contributed by atoms with Gasteiger partial charge in [-0.25, -0.2) is 0 Å². The van der Waals surface area contributed by atoms with Gasteiger partial charge in [-0.05, 0) is 43.7 Å². The molecule has 2 aromatic carbocycles. The molecule has 0 bridgehead atoms. The van der Waals surface area contributed by atoms with Crippen molar-refractivity contribution in [1.29, 1.82) is 0 Å². The molecule has 6 heteroatoms. The normalized spacial score (nSPS) is 10.7. The lowest BCUT2D eigenvalue weighted by Crippen LogP contribution is -2.14. The number of aryl methyl sites for hydroxylation is 1. The molecule has 0 saturated heterocycles. The zero-order chi connectivity index (χ0) is 17.3. The van der Waals surface area contributed by atoms with Crippen molar-refractivity contribution in [3.8, 4) is 11.3 Å². The van der Waals surface area contributed by atoms with Crippen molar-refractivity contribution in [2.75, 3.05) is 5.32 Å². The highest BCUT2D eigenvalue weighted by Gasteiger charge is 2.22. The third kappa shape index (κ3) is 3.16. The van der Waals surface area contributed by atoms with E-state index in [4.69, 9.17) is 27.7 Å². The minimum Gasteiger partial charge on any atom is -0.360 e. The zero-order valence-corrected chi connectivity index (χ0v) is 14.6. The second-order valence-electron chi connectivity index (χ2n) is 5.34. The van der Waals surface area contributed by atoms with Gasteiger partial charge in [-0.1, -0.05) is 46.6 Å². The number of halogens is 2. The molecule has 0 unspecified atom stereocenters. The summed E-state index contributed by atoms with van der Waals surface area (Å²) in [5.74, 6) is 0.122. The van der Waals surface area contributed by atoms with Gasteiger partial charge in [0.2, 0.25) is 0 Å². The number of nitrogens with one attached hydrogen (secondary N) is 1. The first kappa shape index (κ1) is 16.6. The van der Waals surface area contributed by atoms with E-state index < -0.39 is 0 Å². The summed E-state index contributed by atoms with van der Waals surface area (Å²) >= 11 is 12.1. The molecular formula is C18H14Cl2N2O2. The lowest BCUT2D eigenvalue weighted by molar-refractivity contribution is 0.102. The van der Waals surface area contributed by atoms with E-state index in [1.165, 1.54) is 0 Å². The first-order chi connectivity index (χ1) is 11.5. The summed E-state index contributed by atoms with van der Waals surface area (Å²) in [5.41, 5.74) is 2.98. The van der Waals surface area contributed by atoms with Crippen molar-refractivity contribution in [3.05, 3.63) is 69.4 Å². The molecule has 0 radical (unpaired) electrons. The molecule has 1 amide bonds. The van der Waals surface area contributed by atoms with Gasteiger partial charge in [0.1, 0.15) is 17.0 Å². The Kier molecular flexibility index (Phi) is 4.60. The Labute approximate surface area is 149 Å². The number of benzene rings is 2. The van der Waals surface area contributed by atoms with Crippen LogP contribution in [0.15, 0.2) is 47.0 Å². The smallest absolute Gasteiger partial charge is 0.261 e. The standard InChI is InChI=1S/C18H14Cl2N2O2/c1-10-14(20)7-4-8-15(10)21-18(23)16-11(2)24-22-17(16)12-5-3-6-13(19)9-12/h3-9H,1-2H3,(H,21,23). The summed E-state index contributed by atoms with van der Waals surface area (Å²) in [6.07, 6.45) is 0. The predicted octanol–water partition coefficient (Wildman–Crippen LogP) is 5.52. The number of amides is 1. The lowest BCUT2D eigenvalue weighted by Gasteiger charge is -2.09. The van der Waals surface area contributed by atoms with Crippen LogP contribution in [-0.4, -0.2) is 11.1 Å². The highest BCUT2D eigenvalue weighted by molar-refractivity contribution is 6.32. The van der Waals surface area contributed by atoms with Crippen LogP contribution < -0.4 is 5.32 Å². The van der Waals surface area contributed by atoms with Gasteiger partial charge in [-0.2, -0.15) is 0 Å². The van der Waals surface area contributed by atoms with Gasteiger partial charge in [0.25, 0.3) is 5.91 Å². The Balaban J connectivity index is 1.99. The third-order valence-corrected chi connectivity index (χ3v) is 4.35. The second-order valence-corrected chi connectivity index (χ2v) is 6.18. The zero-order valence-electron chi connectivity index (χ0n) is 13.1. The number of anilines is 1. The van der Waals surface area contributed by atoms with Crippen LogP contribution in [0.4, 0.5) is 5.69 Å². The van der Waals surface area contributed by atoms with Crippen LogP contribution >= 0.6 is 23.2 Å². The molecule has 3 aromatic rings. The van der Waals surface area contributed by atoms with Crippen LogP contribution in [0.2, 0.25) is 10.0 Å². The van der Waals surface area contributed by atoms with Gasteiger partial charge in [0.15, 0.2) is 0 Å². The average molecular weight is 361 g/mol. The molecule has 0 aliphatic heterocycles. The second kappa shape index (κ2) is 6.67. The van der Waals surface area contributed by atoms with Crippen LogP contribution in [0.1, 0.15) is 21.7 Å². The number of nitrogens with zero attached hydrogens (tertiary/aromatic N) is 1. The minimum atomic E-state index is -0.311. The van der Waals surface area contributed by atoms with Gasteiger partial charge < -0.3 is 9.84 Å². The number of aromatic nitrogens is 1. The molecule has 4 nitrogen and oxygen atoms in total. The van der Waals surface area contributed by atoms with Crippen molar-refractivity contribution >= 4 is 34.8 Å². The van der Waals surface area contributed by atoms with Gasteiger partial charge in [-0.15, -0.1) is 0 Å². The molecule has 0 aliphatic rings. The monoisotopic (exact) mass is 360 g/mol. The van der Waals surface area contributed by atoms with E-state index in [1.54, 1.807) is 43.3 Å². The van der Waals surface area contributed by atoms with Crippen LogP contribution in [0, 0.1) is 13.8 Å². The van der Waals surface area contributed by atoms with Crippen molar-refractivity contribution in [2.45, 2.75) is 13.8 Å². The first-order valence-corrected chi connectivity index (χ1v) is 8.01. The fourth-order valence-corrected chi connectivity index (χ4v) is 2.76. The molecular weight excluding hydrogens is 347 g/mol. The van der Waals surface area contributed by atoms with E-state index in [1.807, 2.05) is 13.0 Å². The number of carbonyl (C=O) groups is 1. The van der Waals surface area contributed by atoms with Crippen molar-refractivity contribution in [2.24, 2.45) is 0 Å². The molecule has 1 aromatic heterocycles. The third-order valence-electron chi connectivity index (χ3n) is 3.70. The molecule has 1 N–H and O–H groups in total. The first-order valence-electron chi connectivity index (χ1n) is 7.26. The maximum atomic E-state index is 12.8. The molecule has 1 heterocycles. The molecule has 0 aliphatic carbocycles. The van der Waals surface area contributed by atoms with Gasteiger partial charge in [0, 0.05) is 21.3 Å². The number of hydrogen-bond donors (Lipinski definition) is 1. The van der Waals surface area contributed by atoms with Crippen LogP contribution in [0.5, 0.6) is 0 Å². The fraction of sp³-hybridized carbons (Fsp3) is 0.111. The van der Waals surface area contributed by atoms with E-state index in [-0.39, 0.29) is 5.91 Å². The van der Waals surface area contributed by atoms with Crippen molar-refractivity contribution in [1.82, 2.24) is 5.16 Å². The lowest BCUT2D eigenvalue weighted by atomic mass is 10.1. The minimum absolute atomic E-state index is 0.311. The number of carbonyl (C=O) groups excluding carboxylic acids is 1. The summed E-state index contributed by atoms with van der Waals surface area (Å²) < 4.78 is 5.22. The largest absolute Gasteiger partial charge is 0.360 e. The quantitative estimate of drug-likeness (QED) is 0.669. The highest BCUT2D eigenvalue weighted by Crippen LogP contribution is 2.29. The fourth-order valence-electron chi connectivity index (χ4n) is 2.40. The van der Waals surface area contributed by atoms with Crippen LogP contribution in [0.25, 0.3) is 11.3 Å². The summed E-state index contributed by atoms with van der Waals surface area (Å²) in [7, 11) is 0. The van der Waals surface area contributed by atoms with Crippen molar-refractivity contribution in [3.63, 3.8) is 0 Å². The Bertz CT molecular complexity index is 919. The van der Waals surface area contributed by atoms with Crippen molar-refractivity contribution < 1.29 is 9.32 Å². The van der Waals surface area contributed by atoms with Crippen LogP contribution in [-0.2, 0) is 0 Å². The molecule has 0 spiro atoms. The highest BCUT2D eigenvalue weighted by atomic mass is 35.5. The molecule has 0 fully saturated rings. The molecule has 122 valence electrons. The molecule has 0 saturated carbocycles. The SMILES string of the molecule is Cc1onc(-c2cccc(Cl)c2)c1C(=O)Nc1cccc(Cl)c1C. The van der Waals surface area contributed by atoms with E-state index in [9.17, 15) is 4.79 Å². The summed E-state index contributed by atoms with van der Waals surface area (Å²) in [6.45, 7) is 3.54. The topological polar surface area (TPSA) is 55.1 Å². The van der Waals surface area contributed by atoms with Gasteiger partial charge >= 0.3 is 0 Å². The molecule has 3 rings (SSSR count). The maximum Gasteiger partial charge on any atom is 0.261 e. The van der Waals surface area contributed by atoms with Gasteiger partial charge in [0.05, 0.1) is 0 Å². The molecule has 0 atom stereocenters. The number of rotatable bonds is 3. The summed E-state index contributed by atoms with van der Waals surface area (Å²) in [6, 6.07) is 12.5. The van der Waals surface area contributed by atoms with Crippen LogP contribution in [0.3, 0.4) is 0 Å². The molecule has 24 heavy (non-hydrogen) atoms. The predicted molar refractivity (Wildman–Crippen MR) is 95.8 cm³/mol. The Morgan fingerprint density at radius 3 is 2.62 bits per heavy atom. The van der Waals surface area contributed by atoms with E-state index in [0.29, 0.717) is 38.3 Å². The maximum absolute atomic E-state index is 12.8. The Morgan fingerprint density at radius 1 is 1.12 bits per heavy atom. The van der Waals surface area contributed by atoms with E-state index in [0.717, 1.165) is 5.56 Å². The number of hydrogen-bond acceptors (Lipinski definition) is 3. The Hall–Kier alpha value is -2.30. The van der Waals surface area contributed by atoms with E-state index >= 15 is 0 Å².